The van der Waals surface area contributed by atoms with Gasteiger partial charge in [-0.1, -0.05) is 18.2 Å². The smallest absolute Gasteiger partial charge is 0.416 e. The lowest BCUT2D eigenvalue weighted by Crippen LogP contribution is -2.42. The largest absolute Gasteiger partial charge is 0.481 e. The second-order valence-corrected chi connectivity index (χ2v) is 6.60. The van der Waals surface area contributed by atoms with Crippen LogP contribution in [0.4, 0.5) is 26.3 Å². The van der Waals surface area contributed by atoms with E-state index < -0.39 is 52.9 Å². The maximum absolute atomic E-state index is 13.2. The van der Waals surface area contributed by atoms with Crippen molar-refractivity contribution in [1.82, 2.24) is 4.90 Å². The highest BCUT2D eigenvalue weighted by Gasteiger charge is 2.45. The summed E-state index contributed by atoms with van der Waals surface area (Å²) in [6.07, 6.45) is -10.2. The van der Waals surface area contributed by atoms with Gasteiger partial charge in [-0.2, -0.15) is 26.3 Å². The zero-order chi connectivity index (χ0) is 21.7. The molecular weight excluding hydrogens is 404 g/mol. The fourth-order valence-electron chi connectivity index (χ4n) is 3.51. The first kappa shape index (κ1) is 20.7. The van der Waals surface area contributed by atoms with Crippen molar-refractivity contribution in [3.05, 3.63) is 70.3 Å². The number of nitrogens with zero attached hydrogens (tertiary/aromatic N) is 1. The number of hydrogen-bond donors (Lipinski definition) is 1. The van der Waals surface area contributed by atoms with E-state index in [1.807, 2.05) is 0 Å². The topological polar surface area (TPSA) is 57.6 Å². The summed E-state index contributed by atoms with van der Waals surface area (Å²) in [4.78, 5) is 25.4. The highest BCUT2D eigenvalue weighted by Crippen LogP contribution is 2.45. The third-order valence-electron chi connectivity index (χ3n) is 4.80. The molecule has 0 saturated heterocycles. The Morgan fingerprint density at radius 3 is 1.97 bits per heavy atom. The molecule has 10 heteroatoms. The van der Waals surface area contributed by atoms with Crippen molar-refractivity contribution in [1.29, 1.82) is 0 Å². The maximum atomic E-state index is 13.2. The summed E-state index contributed by atoms with van der Waals surface area (Å²) in [6, 6.07) is 4.91. The molecule has 0 aromatic heterocycles. The third-order valence-corrected chi connectivity index (χ3v) is 4.80. The van der Waals surface area contributed by atoms with Crippen molar-refractivity contribution in [2.24, 2.45) is 0 Å². The SMILES string of the molecule is CN1C(=O)c2ccccc2C(C(=O)O)C1c1cc(C(F)(F)F)cc(C(F)(F)F)c1. The lowest BCUT2D eigenvalue weighted by Gasteiger charge is -2.39. The molecule has 4 nitrogen and oxygen atoms in total. The van der Waals surface area contributed by atoms with Gasteiger partial charge in [-0.05, 0) is 35.4 Å². The molecule has 2 aromatic rings. The molecular formula is C19H13F6NO3. The van der Waals surface area contributed by atoms with Crippen molar-refractivity contribution in [3.8, 4) is 0 Å². The summed E-state index contributed by atoms with van der Waals surface area (Å²) >= 11 is 0. The van der Waals surface area contributed by atoms with Crippen LogP contribution in [0.3, 0.4) is 0 Å². The molecule has 1 amide bonds. The van der Waals surface area contributed by atoms with Crippen LogP contribution in [0.15, 0.2) is 42.5 Å². The van der Waals surface area contributed by atoms with Crippen LogP contribution in [0, 0.1) is 0 Å². The van der Waals surface area contributed by atoms with Crippen LogP contribution in [0.2, 0.25) is 0 Å². The highest BCUT2D eigenvalue weighted by molar-refractivity contribution is 6.00. The van der Waals surface area contributed by atoms with Crippen molar-refractivity contribution in [2.75, 3.05) is 7.05 Å². The Kier molecular flexibility index (Phi) is 4.84. The molecule has 1 aliphatic rings. The van der Waals surface area contributed by atoms with Crippen LogP contribution in [0.25, 0.3) is 0 Å². The molecule has 0 saturated carbocycles. The summed E-state index contributed by atoms with van der Waals surface area (Å²) in [6.45, 7) is 0. The molecule has 0 bridgehead atoms. The van der Waals surface area contributed by atoms with E-state index in [0.29, 0.717) is 12.1 Å². The summed E-state index contributed by atoms with van der Waals surface area (Å²) in [5.74, 6) is -3.72. The van der Waals surface area contributed by atoms with Crippen molar-refractivity contribution in [2.45, 2.75) is 24.3 Å². The average Bonchev–Trinajstić information content (AvgIpc) is 2.62. The minimum absolute atomic E-state index is 0.0269. The first-order valence-electron chi connectivity index (χ1n) is 8.20. The summed E-state index contributed by atoms with van der Waals surface area (Å²) in [5, 5.41) is 9.70. The molecule has 2 aromatic carbocycles. The van der Waals surface area contributed by atoms with E-state index in [-0.39, 0.29) is 17.2 Å². The lowest BCUT2D eigenvalue weighted by atomic mass is 9.79. The minimum Gasteiger partial charge on any atom is -0.481 e. The van der Waals surface area contributed by atoms with Crippen molar-refractivity contribution in [3.63, 3.8) is 0 Å². The van der Waals surface area contributed by atoms with Gasteiger partial charge in [0, 0.05) is 12.6 Å². The number of likely N-dealkylation sites (N-methyl/N-ethyl adjacent to an activating group) is 1. The number of benzene rings is 2. The molecule has 1 aliphatic heterocycles. The van der Waals surface area contributed by atoms with E-state index in [4.69, 9.17) is 0 Å². The van der Waals surface area contributed by atoms with E-state index in [0.717, 1.165) is 11.9 Å². The fourth-order valence-corrected chi connectivity index (χ4v) is 3.51. The van der Waals surface area contributed by atoms with E-state index in [1.54, 1.807) is 0 Å². The van der Waals surface area contributed by atoms with Gasteiger partial charge in [-0.3, -0.25) is 9.59 Å². The normalized spacial score (nSPS) is 19.8. The number of carbonyl (C=O) groups excluding carboxylic acids is 1. The van der Waals surface area contributed by atoms with Crippen LogP contribution in [-0.4, -0.2) is 28.9 Å². The number of rotatable bonds is 2. The van der Waals surface area contributed by atoms with Gasteiger partial charge in [0.2, 0.25) is 0 Å². The lowest BCUT2D eigenvalue weighted by molar-refractivity contribution is -0.143. The molecule has 0 aliphatic carbocycles. The van der Waals surface area contributed by atoms with Crippen LogP contribution in [-0.2, 0) is 17.1 Å². The minimum atomic E-state index is -5.09. The number of hydrogen-bond acceptors (Lipinski definition) is 2. The number of carboxylic acid groups (broad SMARTS) is 1. The molecule has 0 spiro atoms. The first-order valence-corrected chi connectivity index (χ1v) is 8.20. The van der Waals surface area contributed by atoms with Gasteiger partial charge in [-0.25, -0.2) is 0 Å². The van der Waals surface area contributed by atoms with Gasteiger partial charge in [0.05, 0.1) is 17.2 Å². The Hall–Kier alpha value is -3.04. The van der Waals surface area contributed by atoms with Crippen molar-refractivity contribution >= 4 is 11.9 Å². The van der Waals surface area contributed by atoms with E-state index in [9.17, 15) is 41.0 Å². The molecule has 1 heterocycles. The zero-order valence-electron chi connectivity index (χ0n) is 14.7. The fraction of sp³-hybridized carbons (Fsp3) is 0.263. The van der Waals surface area contributed by atoms with Crippen LogP contribution >= 0.6 is 0 Å². The van der Waals surface area contributed by atoms with Gasteiger partial charge in [0.25, 0.3) is 5.91 Å². The van der Waals surface area contributed by atoms with Crippen LogP contribution in [0.1, 0.15) is 44.6 Å². The number of carbonyl (C=O) groups is 2. The first-order chi connectivity index (χ1) is 13.3. The van der Waals surface area contributed by atoms with Gasteiger partial charge in [0.1, 0.15) is 5.92 Å². The summed E-state index contributed by atoms with van der Waals surface area (Å²) < 4.78 is 79.2. The highest BCUT2D eigenvalue weighted by atomic mass is 19.4. The van der Waals surface area contributed by atoms with Gasteiger partial charge < -0.3 is 10.0 Å². The maximum Gasteiger partial charge on any atom is 0.416 e. The number of amides is 1. The number of aliphatic carboxylic acids is 1. The Bertz CT molecular complexity index is 950. The molecule has 3 rings (SSSR count). The quantitative estimate of drug-likeness (QED) is 0.720. The molecule has 154 valence electrons. The predicted octanol–water partition coefficient (Wildman–Crippen LogP) is 4.72. The molecule has 1 N–H and O–H groups in total. The molecule has 0 fully saturated rings. The Balaban J connectivity index is 2.28. The average molecular weight is 417 g/mol. The predicted molar refractivity (Wildman–Crippen MR) is 88.1 cm³/mol. The second-order valence-electron chi connectivity index (χ2n) is 6.60. The third kappa shape index (κ3) is 3.66. The number of alkyl halides is 6. The molecule has 0 radical (unpaired) electrons. The van der Waals surface area contributed by atoms with E-state index in [2.05, 4.69) is 0 Å². The Labute approximate surface area is 160 Å². The second kappa shape index (κ2) is 6.78. The van der Waals surface area contributed by atoms with Crippen LogP contribution in [0.5, 0.6) is 0 Å². The Morgan fingerprint density at radius 2 is 1.48 bits per heavy atom. The molecule has 2 unspecified atom stereocenters. The Morgan fingerprint density at radius 1 is 0.966 bits per heavy atom. The zero-order valence-corrected chi connectivity index (χ0v) is 14.7. The number of halogens is 6. The van der Waals surface area contributed by atoms with E-state index in [1.165, 1.54) is 24.3 Å². The molecule has 29 heavy (non-hydrogen) atoms. The standard InChI is InChI=1S/C19H13F6NO3/c1-26-15(14(17(28)29)12-4-2-3-5-13(12)16(26)27)9-6-10(18(20,21)22)8-11(7-9)19(23,24)25/h2-8,14-15H,1H3,(H,28,29). The van der Waals surface area contributed by atoms with E-state index >= 15 is 0 Å². The van der Waals surface area contributed by atoms with Gasteiger partial charge in [0.15, 0.2) is 0 Å². The van der Waals surface area contributed by atoms with Crippen LogP contribution < -0.4 is 0 Å². The van der Waals surface area contributed by atoms with Gasteiger partial charge in [-0.15, -0.1) is 0 Å². The number of carboxylic acids is 1. The number of fused-ring (bicyclic) bond motifs is 1. The van der Waals surface area contributed by atoms with Crippen molar-refractivity contribution < 1.29 is 41.0 Å². The summed E-state index contributed by atoms with van der Waals surface area (Å²) in [5.41, 5.74) is -3.66. The molecule has 2 atom stereocenters. The summed E-state index contributed by atoms with van der Waals surface area (Å²) in [7, 11) is 1.15. The van der Waals surface area contributed by atoms with Gasteiger partial charge >= 0.3 is 18.3 Å². The monoisotopic (exact) mass is 417 g/mol.